The Kier molecular flexibility index (Phi) is 3.43. The second-order valence-electron chi connectivity index (χ2n) is 4.96. The molecule has 0 saturated heterocycles. The first kappa shape index (κ1) is 13.3. The summed E-state index contributed by atoms with van der Waals surface area (Å²) < 4.78 is 3.36. The van der Waals surface area contributed by atoms with Crippen LogP contribution in [0.5, 0.6) is 0 Å². The molecule has 0 aliphatic rings. The zero-order valence-electron chi connectivity index (χ0n) is 12.0. The van der Waals surface area contributed by atoms with Gasteiger partial charge in [0.1, 0.15) is 12.1 Å². The highest BCUT2D eigenvalue weighted by Crippen LogP contribution is 2.06. The molecular formula is C13H17N7O. The summed E-state index contributed by atoms with van der Waals surface area (Å²) in [5.74, 6) is 0.704. The maximum absolute atomic E-state index is 11.3. The van der Waals surface area contributed by atoms with Crippen molar-refractivity contribution in [3.8, 4) is 0 Å². The molecule has 0 spiro atoms. The number of hydrogen-bond acceptors (Lipinski definition) is 5. The van der Waals surface area contributed by atoms with E-state index in [9.17, 15) is 4.79 Å². The number of H-pyrrole nitrogens is 1. The Morgan fingerprint density at radius 1 is 1.33 bits per heavy atom. The first-order chi connectivity index (χ1) is 10.1. The lowest BCUT2D eigenvalue weighted by molar-refractivity contribution is 0.573. The number of anilines is 1. The molecule has 3 rings (SSSR count). The SMILES string of the molecule is Cc1cc(C)n(CCCNc2cc3n[nH]c(=O)n3cn2)n1. The van der Waals surface area contributed by atoms with Crippen molar-refractivity contribution >= 4 is 11.5 Å². The number of aromatic nitrogens is 6. The summed E-state index contributed by atoms with van der Waals surface area (Å²) in [6.07, 6.45) is 2.40. The largest absolute Gasteiger partial charge is 0.370 e. The lowest BCUT2D eigenvalue weighted by atomic mass is 10.4. The number of hydrogen-bond donors (Lipinski definition) is 2. The second kappa shape index (κ2) is 5.39. The molecule has 0 unspecified atom stereocenters. The van der Waals surface area contributed by atoms with E-state index in [1.807, 2.05) is 11.6 Å². The van der Waals surface area contributed by atoms with Crippen LogP contribution in [0.15, 0.2) is 23.3 Å². The topological polar surface area (TPSA) is 92.9 Å². The quantitative estimate of drug-likeness (QED) is 0.675. The van der Waals surface area contributed by atoms with Crippen LogP contribution < -0.4 is 11.0 Å². The summed E-state index contributed by atoms with van der Waals surface area (Å²) in [5, 5.41) is 13.9. The van der Waals surface area contributed by atoms with Crippen LogP contribution in [0.3, 0.4) is 0 Å². The van der Waals surface area contributed by atoms with Crippen molar-refractivity contribution in [1.29, 1.82) is 0 Å². The van der Waals surface area contributed by atoms with Gasteiger partial charge in [-0.2, -0.15) is 10.2 Å². The van der Waals surface area contributed by atoms with E-state index in [1.54, 1.807) is 6.07 Å². The van der Waals surface area contributed by atoms with Gasteiger partial charge in [-0.3, -0.25) is 4.68 Å². The molecule has 8 heteroatoms. The summed E-state index contributed by atoms with van der Waals surface area (Å²) in [7, 11) is 0. The van der Waals surface area contributed by atoms with E-state index >= 15 is 0 Å². The normalized spacial score (nSPS) is 11.1. The molecule has 110 valence electrons. The maximum atomic E-state index is 11.3. The van der Waals surface area contributed by atoms with Crippen LogP contribution in [0.25, 0.3) is 5.65 Å². The highest BCUT2D eigenvalue weighted by Gasteiger charge is 2.03. The van der Waals surface area contributed by atoms with Crippen molar-refractivity contribution in [2.45, 2.75) is 26.8 Å². The van der Waals surface area contributed by atoms with Gasteiger partial charge in [0.05, 0.1) is 5.69 Å². The third-order valence-electron chi connectivity index (χ3n) is 3.27. The minimum Gasteiger partial charge on any atom is -0.370 e. The van der Waals surface area contributed by atoms with Crippen LogP contribution in [-0.2, 0) is 6.54 Å². The lowest BCUT2D eigenvalue weighted by Crippen LogP contribution is -2.12. The molecule has 3 aromatic heterocycles. The number of rotatable bonds is 5. The monoisotopic (exact) mass is 287 g/mol. The Morgan fingerprint density at radius 2 is 2.19 bits per heavy atom. The molecule has 0 aliphatic heterocycles. The van der Waals surface area contributed by atoms with Crippen LogP contribution in [0.4, 0.5) is 5.82 Å². The minimum atomic E-state index is -0.284. The summed E-state index contributed by atoms with van der Waals surface area (Å²) in [5.41, 5.74) is 2.48. The van der Waals surface area contributed by atoms with Crippen LogP contribution in [0.1, 0.15) is 17.8 Å². The standard InChI is InChI=1S/C13H17N7O/c1-9-6-10(2)20(18-9)5-3-4-14-11-7-12-16-17-13(21)19(12)8-15-11/h6-8,14H,3-5H2,1-2H3,(H,17,21). The van der Waals surface area contributed by atoms with Crippen LogP contribution in [0, 0.1) is 13.8 Å². The van der Waals surface area contributed by atoms with Crippen molar-refractivity contribution in [1.82, 2.24) is 29.4 Å². The number of aromatic amines is 1. The minimum absolute atomic E-state index is 0.284. The van der Waals surface area contributed by atoms with Gasteiger partial charge in [0.2, 0.25) is 0 Å². The third kappa shape index (κ3) is 2.78. The van der Waals surface area contributed by atoms with Crippen molar-refractivity contribution in [2.24, 2.45) is 0 Å². The van der Waals surface area contributed by atoms with E-state index in [1.165, 1.54) is 16.4 Å². The van der Waals surface area contributed by atoms with Gasteiger partial charge < -0.3 is 5.32 Å². The van der Waals surface area contributed by atoms with Crippen LogP contribution in [0.2, 0.25) is 0 Å². The van der Waals surface area contributed by atoms with Gasteiger partial charge in [-0.1, -0.05) is 0 Å². The molecule has 8 nitrogen and oxygen atoms in total. The van der Waals surface area contributed by atoms with Gasteiger partial charge in [0, 0.05) is 24.8 Å². The van der Waals surface area contributed by atoms with Crippen LogP contribution in [-0.4, -0.2) is 35.9 Å². The molecule has 0 atom stereocenters. The van der Waals surface area contributed by atoms with Gasteiger partial charge in [-0.05, 0) is 26.3 Å². The predicted octanol–water partition coefficient (Wildman–Crippen LogP) is 0.733. The van der Waals surface area contributed by atoms with Crippen molar-refractivity contribution < 1.29 is 0 Å². The molecule has 0 bridgehead atoms. The number of nitrogens with zero attached hydrogens (tertiary/aromatic N) is 5. The van der Waals surface area contributed by atoms with Gasteiger partial charge in [0.25, 0.3) is 0 Å². The molecule has 0 radical (unpaired) electrons. The summed E-state index contributed by atoms with van der Waals surface area (Å²) >= 11 is 0. The average Bonchev–Trinajstić information content (AvgIpc) is 2.98. The fourth-order valence-corrected chi connectivity index (χ4v) is 2.25. The van der Waals surface area contributed by atoms with E-state index < -0.39 is 0 Å². The number of aryl methyl sites for hydroxylation is 3. The first-order valence-electron chi connectivity index (χ1n) is 6.81. The molecule has 0 aromatic carbocycles. The first-order valence-corrected chi connectivity index (χ1v) is 6.81. The molecule has 3 heterocycles. The molecule has 3 aromatic rings. The molecule has 0 amide bonds. The summed E-state index contributed by atoms with van der Waals surface area (Å²) in [6, 6.07) is 3.80. The maximum Gasteiger partial charge on any atom is 0.348 e. The fourth-order valence-electron chi connectivity index (χ4n) is 2.25. The van der Waals surface area contributed by atoms with Crippen LogP contribution >= 0.6 is 0 Å². The van der Waals surface area contributed by atoms with Gasteiger partial charge >= 0.3 is 5.69 Å². The fraction of sp³-hybridized carbons (Fsp3) is 0.385. The van der Waals surface area contributed by atoms with Gasteiger partial charge in [-0.15, -0.1) is 0 Å². The Morgan fingerprint density at radius 3 is 2.95 bits per heavy atom. The Bertz CT molecular complexity index is 813. The smallest absolute Gasteiger partial charge is 0.348 e. The van der Waals surface area contributed by atoms with E-state index in [2.05, 4.69) is 38.6 Å². The van der Waals surface area contributed by atoms with E-state index in [-0.39, 0.29) is 5.69 Å². The zero-order chi connectivity index (χ0) is 14.8. The Labute approximate surface area is 120 Å². The molecule has 0 fully saturated rings. The summed E-state index contributed by atoms with van der Waals surface area (Å²) in [6.45, 7) is 5.68. The third-order valence-corrected chi connectivity index (χ3v) is 3.27. The zero-order valence-corrected chi connectivity index (χ0v) is 12.0. The van der Waals surface area contributed by atoms with Gasteiger partial charge in [-0.25, -0.2) is 19.3 Å². The van der Waals surface area contributed by atoms with E-state index in [0.29, 0.717) is 11.5 Å². The Balaban J connectivity index is 1.57. The van der Waals surface area contributed by atoms with Gasteiger partial charge in [0.15, 0.2) is 5.65 Å². The highest BCUT2D eigenvalue weighted by atomic mass is 16.1. The average molecular weight is 287 g/mol. The van der Waals surface area contributed by atoms with Crippen molar-refractivity contribution in [2.75, 3.05) is 11.9 Å². The molecule has 0 saturated carbocycles. The predicted molar refractivity (Wildman–Crippen MR) is 78.4 cm³/mol. The molecule has 21 heavy (non-hydrogen) atoms. The lowest BCUT2D eigenvalue weighted by Gasteiger charge is -2.06. The number of fused-ring (bicyclic) bond motifs is 1. The van der Waals surface area contributed by atoms with Crippen molar-refractivity contribution in [3.63, 3.8) is 0 Å². The molecular weight excluding hydrogens is 270 g/mol. The van der Waals surface area contributed by atoms with Crippen molar-refractivity contribution in [3.05, 3.63) is 40.3 Å². The molecule has 2 N–H and O–H groups in total. The summed E-state index contributed by atoms with van der Waals surface area (Å²) in [4.78, 5) is 15.5. The Hall–Kier alpha value is -2.64. The van der Waals surface area contributed by atoms with E-state index in [4.69, 9.17) is 0 Å². The molecule has 0 aliphatic carbocycles. The number of nitrogens with one attached hydrogen (secondary N) is 2. The van der Waals surface area contributed by atoms with E-state index in [0.717, 1.165) is 25.2 Å². The second-order valence-corrected chi connectivity index (χ2v) is 4.96. The highest BCUT2D eigenvalue weighted by molar-refractivity contribution is 5.48.